The van der Waals surface area contributed by atoms with Gasteiger partial charge in [-0.2, -0.15) is 0 Å². The van der Waals surface area contributed by atoms with Gasteiger partial charge in [-0.1, -0.05) is 6.07 Å². The van der Waals surface area contributed by atoms with Gasteiger partial charge in [-0.15, -0.1) is 0 Å². The lowest BCUT2D eigenvalue weighted by Gasteiger charge is -2.32. The molecule has 0 aliphatic heterocycles. The average Bonchev–Trinajstić information content (AvgIpc) is 2.39. The van der Waals surface area contributed by atoms with Crippen LogP contribution in [-0.2, 0) is 11.2 Å². The number of aliphatic carboxylic acids is 1. The molecule has 1 aromatic rings. The van der Waals surface area contributed by atoms with Crippen LogP contribution in [0.5, 0.6) is 11.5 Å². The second-order valence-electron chi connectivity index (χ2n) is 5.07. The quantitative estimate of drug-likeness (QED) is 0.829. The minimum atomic E-state index is -0.960. The van der Waals surface area contributed by atoms with E-state index in [0.29, 0.717) is 24.5 Å². The summed E-state index contributed by atoms with van der Waals surface area (Å²) in [5, 5.41) is 9.44. The molecule has 0 aliphatic rings. The number of nitrogens with zero attached hydrogens (tertiary/aromatic N) is 1. The molecule has 1 aromatic carbocycles. The van der Waals surface area contributed by atoms with Crippen LogP contribution in [0.1, 0.15) is 19.4 Å². The number of hydrogen-bond acceptors (Lipinski definition) is 4. The molecule has 0 amide bonds. The van der Waals surface area contributed by atoms with Crippen LogP contribution in [0, 0.1) is 0 Å². The summed E-state index contributed by atoms with van der Waals surface area (Å²) in [5.74, 6) is 0.438. The van der Waals surface area contributed by atoms with Crippen LogP contribution in [0.2, 0.25) is 0 Å². The van der Waals surface area contributed by atoms with Gasteiger partial charge in [0.2, 0.25) is 0 Å². The Balaban J connectivity index is 3.08. The molecule has 1 N–H and O–H groups in total. The maximum absolute atomic E-state index is 11.5. The van der Waals surface area contributed by atoms with Crippen molar-refractivity contribution in [1.82, 2.24) is 4.90 Å². The lowest BCUT2D eigenvalue weighted by atomic mass is 9.91. The van der Waals surface area contributed by atoms with Gasteiger partial charge in [0.05, 0.1) is 13.7 Å². The molecule has 112 valence electrons. The van der Waals surface area contributed by atoms with Crippen LogP contribution >= 0.6 is 0 Å². The molecule has 20 heavy (non-hydrogen) atoms. The fraction of sp³-hybridized carbons (Fsp3) is 0.533. The Morgan fingerprint density at radius 3 is 2.45 bits per heavy atom. The summed E-state index contributed by atoms with van der Waals surface area (Å²) in [7, 11) is 5.11. The summed E-state index contributed by atoms with van der Waals surface area (Å²) in [5.41, 5.74) is -0.0641. The van der Waals surface area contributed by atoms with E-state index < -0.39 is 11.5 Å². The molecule has 0 bridgehead atoms. The number of rotatable bonds is 7. The van der Waals surface area contributed by atoms with Crippen molar-refractivity contribution in [3.63, 3.8) is 0 Å². The number of carbonyl (C=O) groups is 1. The molecule has 0 fully saturated rings. The van der Waals surface area contributed by atoms with Crippen molar-refractivity contribution < 1.29 is 19.4 Å². The minimum absolute atomic E-state index is 0.388. The molecule has 1 rings (SSSR count). The van der Waals surface area contributed by atoms with Gasteiger partial charge in [0, 0.05) is 6.42 Å². The predicted molar refractivity (Wildman–Crippen MR) is 77.6 cm³/mol. The summed E-state index contributed by atoms with van der Waals surface area (Å²) in [6.45, 7) is 4.14. The lowest BCUT2D eigenvalue weighted by molar-refractivity contribution is -0.148. The Hall–Kier alpha value is -1.75. The average molecular weight is 281 g/mol. The molecule has 0 radical (unpaired) electrons. The zero-order valence-electron chi connectivity index (χ0n) is 12.8. The Kier molecular flexibility index (Phi) is 5.39. The predicted octanol–water partition coefficient (Wildman–Crippen LogP) is 2.04. The van der Waals surface area contributed by atoms with Crippen molar-refractivity contribution in [3.8, 4) is 11.5 Å². The molecule has 0 spiro atoms. The van der Waals surface area contributed by atoms with Gasteiger partial charge >= 0.3 is 5.97 Å². The van der Waals surface area contributed by atoms with E-state index in [1.54, 1.807) is 39.1 Å². The van der Waals surface area contributed by atoms with Crippen molar-refractivity contribution in [3.05, 3.63) is 23.8 Å². The summed E-state index contributed by atoms with van der Waals surface area (Å²) in [6, 6.07) is 5.51. The number of methoxy groups -OCH3 is 1. The number of likely N-dealkylation sites (N-methyl/N-ethyl adjacent to an activating group) is 1. The van der Waals surface area contributed by atoms with E-state index in [-0.39, 0.29) is 0 Å². The summed E-state index contributed by atoms with van der Waals surface area (Å²) < 4.78 is 10.7. The Morgan fingerprint density at radius 2 is 2.00 bits per heavy atom. The van der Waals surface area contributed by atoms with Gasteiger partial charge in [-0.3, -0.25) is 9.69 Å². The van der Waals surface area contributed by atoms with E-state index >= 15 is 0 Å². The van der Waals surface area contributed by atoms with E-state index in [2.05, 4.69) is 0 Å². The van der Waals surface area contributed by atoms with Gasteiger partial charge in [0.1, 0.15) is 5.54 Å². The first kappa shape index (κ1) is 16.3. The molecule has 0 saturated heterocycles. The Morgan fingerprint density at radius 1 is 1.35 bits per heavy atom. The number of carboxylic acids is 1. The molecular weight excluding hydrogens is 258 g/mol. The second-order valence-corrected chi connectivity index (χ2v) is 5.07. The van der Waals surface area contributed by atoms with E-state index in [1.807, 2.05) is 19.1 Å². The van der Waals surface area contributed by atoms with E-state index in [9.17, 15) is 9.90 Å². The number of benzene rings is 1. The normalized spacial score (nSPS) is 13.9. The first-order valence-corrected chi connectivity index (χ1v) is 6.55. The summed E-state index contributed by atoms with van der Waals surface area (Å²) >= 11 is 0. The summed E-state index contributed by atoms with van der Waals surface area (Å²) in [4.78, 5) is 13.2. The highest BCUT2D eigenvalue weighted by atomic mass is 16.5. The minimum Gasteiger partial charge on any atom is -0.493 e. The molecule has 0 heterocycles. The third-order valence-electron chi connectivity index (χ3n) is 3.52. The molecule has 0 aliphatic carbocycles. The Bertz CT molecular complexity index is 473. The standard InChI is InChI=1S/C15H23NO4/c1-6-20-13-9-11(7-8-12(13)19-5)10-15(2,14(17)18)16(3)4/h7-9H,6,10H2,1-5H3,(H,17,18). The highest BCUT2D eigenvalue weighted by Crippen LogP contribution is 2.30. The van der Waals surface area contributed by atoms with Gasteiger partial charge in [0.25, 0.3) is 0 Å². The van der Waals surface area contributed by atoms with Crippen molar-refractivity contribution in [2.75, 3.05) is 27.8 Å². The fourth-order valence-corrected chi connectivity index (χ4v) is 1.92. The van der Waals surface area contributed by atoms with Gasteiger partial charge < -0.3 is 14.6 Å². The maximum atomic E-state index is 11.5. The van der Waals surface area contributed by atoms with E-state index in [4.69, 9.17) is 9.47 Å². The van der Waals surface area contributed by atoms with Gasteiger partial charge in [-0.25, -0.2) is 0 Å². The van der Waals surface area contributed by atoms with Crippen molar-refractivity contribution >= 4 is 5.97 Å². The van der Waals surface area contributed by atoms with Crippen molar-refractivity contribution in [2.24, 2.45) is 0 Å². The van der Waals surface area contributed by atoms with Gasteiger partial charge in [-0.05, 0) is 45.6 Å². The molecule has 0 saturated carbocycles. The molecular formula is C15H23NO4. The highest BCUT2D eigenvalue weighted by Gasteiger charge is 2.35. The third kappa shape index (κ3) is 3.42. The van der Waals surface area contributed by atoms with Crippen molar-refractivity contribution in [2.45, 2.75) is 25.8 Å². The van der Waals surface area contributed by atoms with Crippen LogP contribution in [0.25, 0.3) is 0 Å². The zero-order chi connectivity index (χ0) is 15.3. The van der Waals surface area contributed by atoms with Crippen LogP contribution in [0.4, 0.5) is 0 Å². The first-order valence-electron chi connectivity index (χ1n) is 6.55. The lowest BCUT2D eigenvalue weighted by Crippen LogP contribution is -2.50. The number of ether oxygens (including phenoxy) is 2. The smallest absolute Gasteiger partial charge is 0.324 e. The van der Waals surface area contributed by atoms with Crippen LogP contribution < -0.4 is 9.47 Å². The summed E-state index contributed by atoms with van der Waals surface area (Å²) in [6.07, 6.45) is 0.388. The molecule has 0 aromatic heterocycles. The molecule has 1 atom stereocenters. The monoisotopic (exact) mass is 281 g/mol. The Labute approximate surface area is 120 Å². The van der Waals surface area contributed by atoms with Crippen molar-refractivity contribution in [1.29, 1.82) is 0 Å². The first-order chi connectivity index (χ1) is 9.35. The van der Waals surface area contributed by atoms with Crippen LogP contribution in [-0.4, -0.2) is 49.3 Å². The fourth-order valence-electron chi connectivity index (χ4n) is 1.92. The second kappa shape index (κ2) is 6.61. The number of carboxylic acid groups (broad SMARTS) is 1. The topological polar surface area (TPSA) is 59.0 Å². The molecule has 5 nitrogen and oxygen atoms in total. The maximum Gasteiger partial charge on any atom is 0.324 e. The zero-order valence-corrected chi connectivity index (χ0v) is 12.8. The SMILES string of the molecule is CCOc1cc(CC(C)(C(=O)O)N(C)C)ccc1OC. The van der Waals surface area contributed by atoms with Crippen LogP contribution in [0.15, 0.2) is 18.2 Å². The largest absolute Gasteiger partial charge is 0.493 e. The molecule has 1 unspecified atom stereocenters. The van der Waals surface area contributed by atoms with Gasteiger partial charge in [0.15, 0.2) is 11.5 Å². The van der Waals surface area contributed by atoms with E-state index in [0.717, 1.165) is 5.56 Å². The third-order valence-corrected chi connectivity index (χ3v) is 3.52. The molecule has 5 heteroatoms. The highest BCUT2D eigenvalue weighted by molar-refractivity contribution is 5.78. The van der Waals surface area contributed by atoms with Crippen LogP contribution in [0.3, 0.4) is 0 Å². The van der Waals surface area contributed by atoms with E-state index in [1.165, 1.54) is 0 Å². The number of hydrogen-bond donors (Lipinski definition) is 1.